The van der Waals surface area contributed by atoms with Gasteiger partial charge in [-0.3, -0.25) is 9.59 Å². The van der Waals surface area contributed by atoms with Gasteiger partial charge in [0.25, 0.3) is 0 Å². The van der Waals surface area contributed by atoms with Gasteiger partial charge in [-0.05, 0) is 66.4 Å². The summed E-state index contributed by atoms with van der Waals surface area (Å²) in [7, 11) is 1.61. The Balaban J connectivity index is 1.31. The van der Waals surface area contributed by atoms with Crippen LogP contribution in [0.1, 0.15) is 34.3 Å². The lowest BCUT2D eigenvalue weighted by atomic mass is 9.89. The third-order valence-electron chi connectivity index (χ3n) is 5.68. The second kappa shape index (κ2) is 8.52. The van der Waals surface area contributed by atoms with Gasteiger partial charge in [0.05, 0.1) is 13.7 Å². The number of carbonyl (C=O) groups is 2. The first-order valence-corrected chi connectivity index (χ1v) is 10.0. The van der Waals surface area contributed by atoms with Crippen molar-refractivity contribution in [3.05, 3.63) is 65.2 Å². The molecule has 0 aliphatic carbocycles. The Morgan fingerprint density at radius 2 is 1.86 bits per heavy atom. The number of amides is 1. The molecular weight excluding hydrogens is 366 g/mol. The van der Waals surface area contributed by atoms with E-state index in [1.165, 1.54) is 5.56 Å². The average molecular weight is 391 g/mol. The van der Waals surface area contributed by atoms with Crippen molar-refractivity contribution < 1.29 is 19.1 Å². The molecule has 2 aromatic carbocycles. The number of methoxy groups -OCH3 is 1. The van der Waals surface area contributed by atoms with Gasteiger partial charge in [-0.1, -0.05) is 6.07 Å². The minimum atomic E-state index is -0.0341. The molecule has 1 fully saturated rings. The summed E-state index contributed by atoms with van der Waals surface area (Å²) in [6.45, 7) is 1.94. The molecule has 0 atom stereocenters. The number of fused-ring (bicyclic) bond motifs is 1. The molecule has 29 heavy (non-hydrogen) atoms. The van der Waals surface area contributed by atoms with Gasteiger partial charge >= 0.3 is 0 Å². The van der Waals surface area contributed by atoms with E-state index in [-0.39, 0.29) is 17.6 Å². The maximum Gasteiger partial charge on any atom is 0.246 e. The van der Waals surface area contributed by atoms with Gasteiger partial charge in [-0.15, -0.1) is 0 Å². The number of carbonyl (C=O) groups excluding carboxylic acids is 2. The summed E-state index contributed by atoms with van der Waals surface area (Å²) in [5.41, 5.74) is 2.90. The topological polar surface area (TPSA) is 55.8 Å². The summed E-state index contributed by atoms with van der Waals surface area (Å²) < 4.78 is 10.7. The molecule has 2 aromatic rings. The molecule has 0 bridgehead atoms. The highest BCUT2D eigenvalue weighted by molar-refractivity contribution is 5.98. The Bertz CT molecular complexity index is 924. The molecule has 2 aliphatic heterocycles. The molecule has 2 heterocycles. The molecule has 0 aromatic heterocycles. The summed E-state index contributed by atoms with van der Waals surface area (Å²) in [5, 5.41) is 0. The minimum absolute atomic E-state index is 0.00269. The van der Waals surface area contributed by atoms with Gasteiger partial charge in [0.1, 0.15) is 11.5 Å². The Morgan fingerprint density at radius 3 is 2.59 bits per heavy atom. The molecule has 0 radical (unpaired) electrons. The third-order valence-corrected chi connectivity index (χ3v) is 5.68. The molecule has 150 valence electrons. The number of ketones is 1. The number of hydrogen-bond donors (Lipinski definition) is 0. The van der Waals surface area contributed by atoms with Gasteiger partial charge < -0.3 is 14.4 Å². The van der Waals surface area contributed by atoms with Crippen molar-refractivity contribution in [2.45, 2.75) is 19.3 Å². The number of hydrogen-bond acceptors (Lipinski definition) is 4. The zero-order valence-corrected chi connectivity index (χ0v) is 16.6. The van der Waals surface area contributed by atoms with E-state index in [1.807, 2.05) is 47.4 Å². The number of rotatable bonds is 5. The molecule has 1 saturated heterocycles. The Morgan fingerprint density at radius 1 is 1.10 bits per heavy atom. The van der Waals surface area contributed by atoms with Crippen LogP contribution in [-0.2, 0) is 11.2 Å². The van der Waals surface area contributed by atoms with Crippen LogP contribution < -0.4 is 9.47 Å². The highest BCUT2D eigenvalue weighted by Gasteiger charge is 2.27. The fraction of sp³-hybridized carbons (Fsp3) is 0.333. The third kappa shape index (κ3) is 4.34. The quantitative estimate of drug-likeness (QED) is 0.575. The van der Waals surface area contributed by atoms with Crippen LogP contribution in [0, 0.1) is 5.92 Å². The van der Waals surface area contributed by atoms with Gasteiger partial charge in [0.2, 0.25) is 5.91 Å². The van der Waals surface area contributed by atoms with Gasteiger partial charge in [0.15, 0.2) is 5.78 Å². The smallest absolute Gasteiger partial charge is 0.246 e. The van der Waals surface area contributed by atoms with Gasteiger partial charge in [0, 0.05) is 37.1 Å². The number of benzene rings is 2. The normalized spacial score (nSPS) is 16.5. The van der Waals surface area contributed by atoms with Crippen molar-refractivity contribution in [1.29, 1.82) is 0 Å². The van der Waals surface area contributed by atoms with E-state index in [9.17, 15) is 9.59 Å². The molecule has 5 heteroatoms. The maximum absolute atomic E-state index is 12.7. The van der Waals surface area contributed by atoms with Crippen molar-refractivity contribution >= 4 is 17.8 Å². The molecule has 1 amide bonds. The molecule has 4 rings (SSSR count). The molecule has 0 spiro atoms. The summed E-state index contributed by atoms with van der Waals surface area (Å²) >= 11 is 0. The SMILES string of the molecule is COc1ccc(C(=O)C2CCN(C(=O)/C=C/c3ccc4c(c3)CCO4)CC2)cc1. The molecule has 2 aliphatic rings. The molecule has 5 nitrogen and oxygen atoms in total. The largest absolute Gasteiger partial charge is 0.497 e. The van der Waals surface area contributed by atoms with E-state index >= 15 is 0 Å². The fourth-order valence-electron chi connectivity index (χ4n) is 3.94. The van der Waals surface area contributed by atoms with Crippen LogP contribution in [0.4, 0.5) is 0 Å². The van der Waals surface area contributed by atoms with Crippen LogP contribution in [0.2, 0.25) is 0 Å². The van der Waals surface area contributed by atoms with E-state index in [1.54, 1.807) is 13.2 Å². The molecule has 0 N–H and O–H groups in total. The van der Waals surface area contributed by atoms with Gasteiger partial charge in [-0.25, -0.2) is 0 Å². The van der Waals surface area contributed by atoms with Crippen LogP contribution in [0.15, 0.2) is 48.5 Å². The van der Waals surface area contributed by atoms with Crippen molar-refractivity contribution in [2.24, 2.45) is 5.92 Å². The average Bonchev–Trinajstić information content (AvgIpc) is 3.25. The summed E-state index contributed by atoms with van der Waals surface area (Å²) in [4.78, 5) is 27.1. The van der Waals surface area contributed by atoms with Crippen molar-refractivity contribution in [3.63, 3.8) is 0 Å². The first-order chi connectivity index (χ1) is 14.1. The zero-order chi connectivity index (χ0) is 20.2. The van der Waals surface area contributed by atoms with E-state index in [0.29, 0.717) is 31.5 Å². The molecule has 0 unspecified atom stereocenters. The summed E-state index contributed by atoms with van der Waals surface area (Å²) in [6.07, 6.45) is 5.79. The highest BCUT2D eigenvalue weighted by Crippen LogP contribution is 2.27. The second-order valence-corrected chi connectivity index (χ2v) is 7.49. The minimum Gasteiger partial charge on any atom is -0.497 e. The number of nitrogens with zero attached hydrogens (tertiary/aromatic N) is 1. The predicted molar refractivity (Wildman–Crippen MR) is 111 cm³/mol. The van der Waals surface area contributed by atoms with Crippen LogP contribution in [-0.4, -0.2) is 43.4 Å². The first kappa shape index (κ1) is 19.2. The maximum atomic E-state index is 12.7. The number of piperidine rings is 1. The Labute approximate surface area is 170 Å². The number of likely N-dealkylation sites (tertiary alicyclic amines) is 1. The predicted octanol–water partition coefficient (Wildman–Crippen LogP) is 3.76. The highest BCUT2D eigenvalue weighted by atomic mass is 16.5. The number of Topliss-reactive ketones (excluding diaryl/α,β-unsaturated/α-hetero) is 1. The van der Waals surface area contributed by atoms with Crippen LogP contribution in [0.5, 0.6) is 11.5 Å². The Kier molecular flexibility index (Phi) is 5.65. The summed E-state index contributed by atoms with van der Waals surface area (Å²) in [6, 6.07) is 13.2. The van der Waals surface area contributed by atoms with Gasteiger partial charge in [-0.2, -0.15) is 0 Å². The molecular formula is C24H25NO4. The van der Waals surface area contributed by atoms with E-state index in [0.717, 1.165) is 30.1 Å². The fourth-order valence-corrected chi connectivity index (χ4v) is 3.94. The van der Waals surface area contributed by atoms with Crippen molar-refractivity contribution in [1.82, 2.24) is 4.90 Å². The first-order valence-electron chi connectivity index (χ1n) is 10.0. The van der Waals surface area contributed by atoms with Crippen LogP contribution in [0.25, 0.3) is 6.08 Å². The van der Waals surface area contributed by atoms with Crippen LogP contribution >= 0.6 is 0 Å². The Hall–Kier alpha value is -3.08. The molecule has 0 saturated carbocycles. The van der Waals surface area contributed by atoms with Crippen molar-refractivity contribution in [2.75, 3.05) is 26.8 Å². The van der Waals surface area contributed by atoms with E-state index < -0.39 is 0 Å². The van der Waals surface area contributed by atoms with E-state index in [2.05, 4.69) is 6.07 Å². The van der Waals surface area contributed by atoms with Crippen molar-refractivity contribution in [3.8, 4) is 11.5 Å². The van der Waals surface area contributed by atoms with Crippen LogP contribution in [0.3, 0.4) is 0 Å². The monoisotopic (exact) mass is 391 g/mol. The standard InChI is InChI=1S/C24H25NO4/c1-28-21-6-4-18(5-7-21)24(27)19-10-13-25(14-11-19)23(26)9-3-17-2-8-22-20(16-17)12-15-29-22/h2-9,16,19H,10-15H2,1H3/b9-3+. The summed E-state index contributed by atoms with van der Waals surface area (Å²) in [5.74, 6) is 1.79. The lowest BCUT2D eigenvalue weighted by Gasteiger charge is -2.30. The lowest BCUT2D eigenvalue weighted by Crippen LogP contribution is -2.39. The second-order valence-electron chi connectivity index (χ2n) is 7.49. The lowest BCUT2D eigenvalue weighted by molar-refractivity contribution is -0.127. The van der Waals surface area contributed by atoms with E-state index in [4.69, 9.17) is 9.47 Å². The zero-order valence-electron chi connectivity index (χ0n) is 16.6. The number of ether oxygens (including phenoxy) is 2.